The van der Waals surface area contributed by atoms with Crippen LogP contribution in [-0.4, -0.2) is 51.9 Å². The van der Waals surface area contributed by atoms with Gasteiger partial charge >= 0.3 is 5.97 Å². The number of hydrogen-bond donors (Lipinski definition) is 0. The molecule has 0 spiro atoms. The number of carbonyl (C=O) groups is 1. The van der Waals surface area contributed by atoms with Crippen molar-refractivity contribution in [3.8, 4) is 5.75 Å². The molecule has 0 saturated carbocycles. The van der Waals surface area contributed by atoms with Crippen molar-refractivity contribution in [1.29, 1.82) is 0 Å². The lowest BCUT2D eigenvalue weighted by molar-refractivity contribution is -0.146. The van der Waals surface area contributed by atoms with Crippen molar-refractivity contribution in [1.82, 2.24) is 4.90 Å². The Bertz CT molecular complexity index is 503. The zero-order valence-electron chi connectivity index (χ0n) is 15.0. The molecule has 24 heavy (non-hydrogen) atoms. The Hall–Kier alpha value is -1.59. The Labute approximate surface area is 144 Å². The second-order valence-electron chi connectivity index (χ2n) is 6.38. The van der Waals surface area contributed by atoms with E-state index in [2.05, 4.69) is 24.1 Å². The summed E-state index contributed by atoms with van der Waals surface area (Å²) in [5.41, 5.74) is 1.25. The van der Waals surface area contributed by atoms with E-state index in [0.29, 0.717) is 32.0 Å². The molecule has 1 aliphatic rings. The fourth-order valence-corrected chi connectivity index (χ4v) is 3.39. The van der Waals surface area contributed by atoms with Crippen LogP contribution in [0.3, 0.4) is 0 Å². The van der Waals surface area contributed by atoms with Crippen LogP contribution in [0.1, 0.15) is 37.3 Å². The molecule has 5 heteroatoms. The molecule has 0 unspecified atom stereocenters. The van der Waals surface area contributed by atoms with E-state index in [4.69, 9.17) is 14.2 Å². The maximum atomic E-state index is 11.9. The first-order chi connectivity index (χ1) is 11.7. The fraction of sp³-hybridized carbons (Fsp3) is 0.632. The smallest absolute Gasteiger partial charge is 0.305 e. The Morgan fingerprint density at radius 1 is 1.25 bits per heavy atom. The van der Waals surface area contributed by atoms with Gasteiger partial charge in [0.2, 0.25) is 0 Å². The van der Waals surface area contributed by atoms with Gasteiger partial charge in [0, 0.05) is 32.1 Å². The van der Waals surface area contributed by atoms with Crippen molar-refractivity contribution in [2.75, 3.05) is 41.0 Å². The SMILES string of the molecule is COCCCC(=O)OC[C@H]1CCCN(C)[C@@H]1c1ccc(OC)cc1. The van der Waals surface area contributed by atoms with Crippen molar-refractivity contribution >= 4 is 5.97 Å². The first-order valence-electron chi connectivity index (χ1n) is 8.64. The highest BCUT2D eigenvalue weighted by Gasteiger charge is 2.31. The van der Waals surface area contributed by atoms with Crippen molar-refractivity contribution in [2.24, 2.45) is 5.92 Å². The minimum absolute atomic E-state index is 0.131. The average molecular weight is 335 g/mol. The third-order valence-corrected chi connectivity index (χ3v) is 4.65. The number of rotatable bonds is 8. The summed E-state index contributed by atoms with van der Waals surface area (Å²) >= 11 is 0. The van der Waals surface area contributed by atoms with Crippen LogP contribution in [0.4, 0.5) is 0 Å². The lowest BCUT2D eigenvalue weighted by Crippen LogP contribution is -2.38. The topological polar surface area (TPSA) is 48.0 Å². The molecule has 134 valence electrons. The molecular weight excluding hydrogens is 306 g/mol. The third-order valence-electron chi connectivity index (χ3n) is 4.65. The number of benzene rings is 1. The van der Waals surface area contributed by atoms with E-state index in [1.54, 1.807) is 14.2 Å². The summed E-state index contributed by atoms with van der Waals surface area (Å²) < 4.78 is 15.7. The van der Waals surface area contributed by atoms with Gasteiger partial charge in [0.25, 0.3) is 0 Å². The van der Waals surface area contributed by atoms with Crippen LogP contribution in [0.2, 0.25) is 0 Å². The van der Waals surface area contributed by atoms with Crippen LogP contribution in [0.25, 0.3) is 0 Å². The second-order valence-corrected chi connectivity index (χ2v) is 6.38. The van der Waals surface area contributed by atoms with Crippen LogP contribution >= 0.6 is 0 Å². The Balaban J connectivity index is 1.96. The molecule has 0 aromatic heterocycles. The predicted octanol–water partition coefficient (Wildman–Crippen LogP) is 3.05. The van der Waals surface area contributed by atoms with Gasteiger partial charge in [-0.3, -0.25) is 9.69 Å². The van der Waals surface area contributed by atoms with E-state index in [-0.39, 0.29) is 12.0 Å². The minimum atomic E-state index is -0.131. The minimum Gasteiger partial charge on any atom is -0.497 e. The molecular formula is C19H29NO4. The normalized spacial score (nSPS) is 21.5. The first-order valence-corrected chi connectivity index (χ1v) is 8.64. The summed E-state index contributed by atoms with van der Waals surface area (Å²) in [6.45, 7) is 2.14. The molecule has 1 aliphatic heterocycles. The van der Waals surface area contributed by atoms with Gasteiger partial charge in [-0.2, -0.15) is 0 Å². The number of hydrogen-bond acceptors (Lipinski definition) is 5. The van der Waals surface area contributed by atoms with Gasteiger partial charge in [0.15, 0.2) is 0 Å². The molecule has 1 heterocycles. The number of esters is 1. The van der Waals surface area contributed by atoms with Crippen LogP contribution in [-0.2, 0) is 14.3 Å². The molecule has 0 amide bonds. The largest absolute Gasteiger partial charge is 0.497 e. The first kappa shape index (κ1) is 18.7. The van der Waals surface area contributed by atoms with Gasteiger partial charge in [-0.25, -0.2) is 0 Å². The number of piperidine rings is 1. The summed E-state index contributed by atoms with van der Waals surface area (Å²) in [5.74, 6) is 1.05. The zero-order valence-corrected chi connectivity index (χ0v) is 15.0. The predicted molar refractivity (Wildman–Crippen MR) is 93.2 cm³/mol. The van der Waals surface area contributed by atoms with E-state index < -0.39 is 0 Å². The highest BCUT2D eigenvalue weighted by Crippen LogP contribution is 2.35. The van der Waals surface area contributed by atoms with Crippen LogP contribution in [0.5, 0.6) is 5.75 Å². The average Bonchev–Trinajstić information content (AvgIpc) is 2.60. The van der Waals surface area contributed by atoms with E-state index in [0.717, 1.165) is 25.1 Å². The lowest BCUT2D eigenvalue weighted by atomic mass is 9.85. The number of ether oxygens (including phenoxy) is 3. The number of nitrogens with zero attached hydrogens (tertiary/aromatic N) is 1. The van der Waals surface area contributed by atoms with Crippen LogP contribution in [0, 0.1) is 5.92 Å². The van der Waals surface area contributed by atoms with Crippen molar-refractivity contribution in [2.45, 2.75) is 31.7 Å². The van der Waals surface area contributed by atoms with Gasteiger partial charge in [-0.05, 0) is 50.6 Å². The quantitative estimate of drug-likeness (QED) is 0.540. The summed E-state index contributed by atoms with van der Waals surface area (Å²) in [6.07, 6.45) is 3.34. The molecule has 0 aliphatic carbocycles. The Morgan fingerprint density at radius 2 is 2.00 bits per heavy atom. The maximum Gasteiger partial charge on any atom is 0.305 e. The molecule has 0 radical (unpaired) electrons. The Kier molecular flexibility index (Phi) is 7.53. The molecule has 0 N–H and O–H groups in total. The molecule has 1 fully saturated rings. The van der Waals surface area contributed by atoms with E-state index in [1.165, 1.54) is 5.56 Å². The van der Waals surface area contributed by atoms with E-state index in [9.17, 15) is 4.79 Å². The van der Waals surface area contributed by atoms with Gasteiger partial charge < -0.3 is 14.2 Å². The summed E-state index contributed by atoms with van der Waals surface area (Å²) in [5, 5.41) is 0. The highest BCUT2D eigenvalue weighted by atomic mass is 16.5. The van der Waals surface area contributed by atoms with Crippen LogP contribution in [0.15, 0.2) is 24.3 Å². The van der Waals surface area contributed by atoms with Gasteiger partial charge in [0.1, 0.15) is 5.75 Å². The summed E-state index contributed by atoms with van der Waals surface area (Å²) in [6, 6.07) is 8.48. The number of likely N-dealkylation sites (tertiary alicyclic amines) is 1. The zero-order chi connectivity index (χ0) is 17.4. The van der Waals surface area contributed by atoms with Crippen LogP contribution < -0.4 is 4.74 Å². The molecule has 1 aromatic rings. The van der Waals surface area contributed by atoms with E-state index >= 15 is 0 Å². The van der Waals surface area contributed by atoms with E-state index in [1.807, 2.05) is 12.1 Å². The van der Waals surface area contributed by atoms with Crippen molar-refractivity contribution < 1.29 is 19.0 Å². The molecule has 0 bridgehead atoms. The lowest BCUT2D eigenvalue weighted by Gasteiger charge is -2.39. The van der Waals surface area contributed by atoms with Crippen molar-refractivity contribution in [3.63, 3.8) is 0 Å². The van der Waals surface area contributed by atoms with Gasteiger partial charge in [-0.1, -0.05) is 12.1 Å². The standard InChI is InChI=1S/C19H29NO4/c1-20-12-4-6-16(14-24-18(21)7-5-13-22-2)19(20)15-8-10-17(23-3)11-9-15/h8-11,16,19H,4-7,12-14H2,1-3H3/t16-,19-/m1/s1. The highest BCUT2D eigenvalue weighted by molar-refractivity contribution is 5.69. The van der Waals surface area contributed by atoms with Crippen molar-refractivity contribution in [3.05, 3.63) is 29.8 Å². The monoisotopic (exact) mass is 335 g/mol. The molecule has 1 saturated heterocycles. The maximum absolute atomic E-state index is 11.9. The summed E-state index contributed by atoms with van der Waals surface area (Å²) in [4.78, 5) is 14.2. The second kappa shape index (κ2) is 9.64. The number of carbonyl (C=O) groups excluding carboxylic acids is 1. The number of methoxy groups -OCH3 is 2. The summed E-state index contributed by atoms with van der Waals surface area (Å²) in [7, 11) is 5.46. The molecule has 5 nitrogen and oxygen atoms in total. The molecule has 2 rings (SSSR count). The fourth-order valence-electron chi connectivity index (χ4n) is 3.39. The third kappa shape index (κ3) is 5.21. The van der Waals surface area contributed by atoms with Gasteiger partial charge in [-0.15, -0.1) is 0 Å². The molecule has 1 aromatic carbocycles. The Morgan fingerprint density at radius 3 is 2.67 bits per heavy atom. The van der Waals surface area contributed by atoms with Gasteiger partial charge in [0.05, 0.1) is 13.7 Å². The molecule has 2 atom stereocenters.